The number of imidazole rings is 1. The zero-order chi connectivity index (χ0) is 20.1. The molecule has 2 aliphatic heterocycles. The molecule has 0 aliphatic carbocycles. The summed E-state index contributed by atoms with van der Waals surface area (Å²) in [5.74, 6) is -0.508. The summed E-state index contributed by atoms with van der Waals surface area (Å²) in [4.78, 5) is 42.8. The van der Waals surface area contributed by atoms with Gasteiger partial charge in [-0.15, -0.1) is 0 Å². The van der Waals surface area contributed by atoms with Crippen molar-refractivity contribution in [1.29, 1.82) is 0 Å². The van der Waals surface area contributed by atoms with Crippen LogP contribution < -0.4 is 11.2 Å². The molecule has 0 spiro atoms. The van der Waals surface area contributed by atoms with Gasteiger partial charge in [-0.2, -0.15) is 0 Å². The van der Waals surface area contributed by atoms with Gasteiger partial charge in [0.1, 0.15) is 0 Å². The van der Waals surface area contributed by atoms with E-state index in [9.17, 15) is 19.5 Å². The number of nitrogens with zero attached hydrogens (tertiary/aromatic N) is 2. The molecule has 2 aliphatic rings. The van der Waals surface area contributed by atoms with Gasteiger partial charge in [0.2, 0.25) is 0 Å². The number of hydrogen-bond donors (Lipinski definition) is 3. The second-order valence-electron chi connectivity index (χ2n) is 6.47. The molecule has 2 aromatic heterocycles. The number of nitrogens with one attached hydrogen (secondary N) is 2. The predicted octanol–water partition coefficient (Wildman–Crippen LogP) is -2.33. The number of carbonyl (C=O) groups is 1. The van der Waals surface area contributed by atoms with Gasteiger partial charge in [0.25, 0.3) is 0 Å². The van der Waals surface area contributed by atoms with Crippen molar-refractivity contribution in [2.75, 3.05) is 13.4 Å². The Bertz CT molecular complexity index is 1020. The molecular weight excluding hydrogens is 398 g/mol. The minimum absolute atomic E-state index is 0.00590. The molecule has 152 valence electrons. The first-order valence-electron chi connectivity index (χ1n) is 8.39. The van der Waals surface area contributed by atoms with Crippen LogP contribution in [-0.2, 0) is 27.8 Å². The van der Waals surface area contributed by atoms with E-state index in [0.717, 1.165) is 0 Å². The molecule has 0 aromatic carbocycles. The Kier molecular flexibility index (Phi) is 4.85. The number of aromatic amines is 2. The third-order valence-corrected chi connectivity index (χ3v) is 6.53. The van der Waals surface area contributed by atoms with Gasteiger partial charge in [-0.1, -0.05) is 0 Å². The average Bonchev–Trinajstić information content (AvgIpc) is 3.16. The van der Waals surface area contributed by atoms with Gasteiger partial charge in [0.15, 0.2) is 0 Å². The van der Waals surface area contributed by atoms with Crippen molar-refractivity contribution in [2.24, 2.45) is 0 Å². The molecule has 13 nitrogen and oxygen atoms in total. The fraction of sp³-hybridized carbons (Fsp3) is 0.538. The summed E-state index contributed by atoms with van der Waals surface area (Å²) in [6, 6.07) is 0. The van der Waals surface area contributed by atoms with E-state index in [1.54, 1.807) is 7.57 Å². The maximum atomic E-state index is 11.8. The van der Waals surface area contributed by atoms with E-state index in [1.807, 2.05) is 0 Å². The molecule has 0 bridgehead atoms. The van der Waals surface area contributed by atoms with E-state index in [1.165, 1.54) is 17.8 Å². The van der Waals surface area contributed by atoms with E-state index in [0.29, 0.717) is 0 Å². The summed E-state index contributed by atoms with van der Waals surface area (Å²) >= 11 is 0. The third kappa shape index (κ3) is 3.38. The van der Waals surface area contributed by atoms with Crippen LogP contribution in [0.3, 0.4) is 0 Å². The van der Waals surface area contributed by atoms with Crippen molar-refractivity contribution in [1.82, 2.24) is 19.5 Å². The molecule has 28 heavy (non-hydrogen) atoms. The molecule has 4 atom stereocenters. The molecular formula is C13H18BN4O9P. The second-order valence-corrected chi connectivity index (χ2v) is 9.00. The minimum atomic E-state index is -3.17. The Balaban J connectivity index is 1.55. The number of ether oxygens (including phenoxy) is 2. The Morgan fingerprint density at radius 3 is 3.04 bits per heavy atom. The molecule has 0 radical (unpaired) electrons. The number of aliphatic hydroxyl groups excluding tert-OH is 1. The number of hydrogen-bond acceptors (Lipinski definition) is 10. The summed E-state index contributed by atoms with van der Waals surface area (Å²) < 4.78 is 28.8. The first kappa shape index (κ1) is 19.2. The Morgan fingerprint density at radius 2 is 2.29 bits per heavy atom. The maximum absolute atomic E-state index is 11.8. The molecule has 0 saturated carbocycles. The fourth-order valence-corrected chi connectivity index (χ4v) is 4.93. The van der Waals surface area contributed by atoms with Gasteiger partial charge in [-0.25, -0.2) is 0 Å². The zero-order valence-corrected chi connectivity index (χ0v) is 15.9. The van der Waals surface area contributed by atoms with Gasteiger partial charge in [-0.05, 0) is 0 Å². The van der Waals surface area contributed by atoms with Crippen molar-refractivity contribution >= 4 is 32.5 Å². The summed E-state index contributed by atoms with van der Waals surface area (Å²) in [7, 11) is -1.56. The summed E-state index contributed by atoms with van der Waals surface area (Å²) in [6.07, 6.45) is -2.22. The van der Waals surface area contributed by atoms with Crippen LogP contribution in [0.1, 0.15) is 13.2 Å². The number of fused-ring (bicyclic) bond motifs is 2. The number of rotatable bonds is 4. The Labute approximate surface area is 157 Å². The molecule has 3 N–H and O–H groups in total. The summed E-state index contributed by atoms with van der Waals surface area (Å²) in [5, 5.41) is 10.7. The van der Waals surface area contributed by atoms with E-state index in [4.69, 9.17) is 23.0 Å². The van der Waals surface area contributed by atoms with Gasteiger partial charge in [-0.3, -0.25) is 0 Å². The van der Waals surface area contributed by atoms with Gasteiger partial charge in [0, 0.05) is 0 Å². The van der Waals surface area contributed by atoms with E-state index >= 15 is 0 Å². The van der Waals surface area contributed by atoms with E-state index in [2.05, 4.69) is 15.0 Å². The van der Waals surface area contributed by atoms with Crippen molar-refractivity contribution < 1.29 is 32.9 Å². The number of H-pyrrole nitrogens is 2. The average molecular weight is 416 g/mol. The molecule has 2 fully saturated rings. The molecule has 1 unspecified atom stereocenters. The third-order valence-electron chi connectivity index (χ3n) is 4.49. The topological polar surface area (TPSA) is 167 Å². The van der Waals surface area contributed by atoms with Crippen LogP contribution >= 0.6 is 7.82 Å². The van der Waals surface area contributed by atoms with Crippen molar-refractivity contribution in [3.63, 3.8) is 0 Å². The Hall–Kier alpha value is -2.09. The molecule has 2 saturated heterocycles. The van der Waals surface area contributed by atoms with Crippen LogP contribution in [-0.4, -0.2) is 69.9 Å². The fourth-order valence-electron chi connectivity index (χ4n) is 3.18. The SMILES string of the molecule is B[PH]1(OCOC(C)=O)OC[C@H]2O[C@@H](n3cnc4c(=O)[nH]c(=O)[nH]c43)C(O)[C@@H]2O1. The summed E-state index contributed by atoms with van der Waals surface area (Å²) in [6.45, 7) is 1.01. The van der Waals surface area contributed by atoms with Crippen molar-refractivity contribution in [3.05, 3.63) is 27.2 Å². The quantitative estimate of drug-likeness (QED) is 0.213. The van der Waals surface area contributed by atoms with E-state index < -0.39 is 49.6 Å². The predicted molar refractivity (Wildman–Crippen MR) is 96.3 cm³/mol. The second kappa shape index (κ2) is 7.06. The number of aromatic nitrogens is 4. The molecule has 4 heterocycles. The zero-order valence-electron chi connectivity index (χ0n) is 14.9. The summed E-state index contributed by atoms with van der Waals surface area (Å²) in [5.41, 5.74) is -1.24. The number of carbonyl (C=O) groups excluding carboxylic acids is 1. The molecule has 0 amide bonds. The Morgan fingerprint density at radius 1 is 1.50 bits per heavy atom. The number of aliphatic hydroxyl groups is 1. The van der Waals surface area contributed by atoms with Crippen LogP contribution in [0, 0.1) is 0 Å². The van der Waals surface area contributed by atoms with Crippen LogP contribution in [0.4, 0.5) is 0 Å². The van der Waals surface area contributed by atoms with Gasteiger partial charge >= 0.3 is 157 Å². The van der Waals surface area contributed by atoms with Gasteiger partial charge < -0.3 is 0 Å². The standard InChI is InChI=1S/C13H18BN4O9P/c1-5(19)23-4-25-28(14)24-2-6-9(27-28)8(20)12(26-6)18-3-15-7-10(18)16-13(22)17-11(7)21/h3,6,8-9,12,20,28H,2,4,14H2,1H3,(H2,16,17,21,22)/t6-,8?,9-,12-/m1/s1. The van der Waals surface area contributed by atoms with Crippen LogP contribution in [0.25, 0.3) is 11.2 Å². The normalized spacial score (nSPS) is 30.1. The first-order valence-corrected chi connectivity index (χ1v) is 10.6. The molecule has 15 heteroatoms. The molecule has 4 rings (SSSR count). The first-order chi connectivity index (χ1) is 13.3. The van der Waals surface area contributed by atoms with Crippen molar-refractivity contribution in [2.45, 2.75) is 31.5 Å². The van der Waals surface area contributed by atoms with Crippen LogP contribution in [0.15, 0.2) is 15.9 Å². The van der Waals surface area contributed by atoms with Crippen LogP contribution in [0.5, 0.6) is 0 Å². The van der Waals surface area contributed by atoms with Gasteiger partial charge in [0.05, 0.1) is 0 Å². The van der Waals surface area contributed by atoms with Crippen molar-refractivity contribution in [3.8, 4) is 0 Å². The number of esters is 1. The van der Waals surface area contributed by atoms with E-state index in [-0.39, 0.29) is 24.6 Å². The molecule has 2 aromatic rings. The monoisotopic (exact) mass is 416 g/mol. The van der Waals surface area contributed by atoms with Crippen LogP contribution in [0.2, 0.25) is 0 Å².